The molecule has 3 N–H and O–H groups in total. The van der Waals surface area contributed by atoms with E-state index in [-0.39, 0.29) is 36.4 Å². The average Bonchev–Trinajstić information content (AvgIpc) is 3.73. The zero-order valence-corrected chi connectivity index (χ0v) is 29.7. The Hall–Kier alpha value is -4.81. The highest BCUT2D eigenvalue weighted by molar-refractivity contribution is 6.05. The molecule has 0 aromatic carbocycles. The number of pyridine rings is 1. The van der Waals surface area contributed by atoms with Gasteiger partial charge in [0, 0.05) is 116 Å². The lowest BCUT2D eigenvalue weighted by molar-refractivity contribution is -0.120. The molecule has 5 saturated heterocycles. The summed E-state index contributed by atoms with van der Waals surface area (Å²) in [5.41, 5.74) is 7.67. The number of piperazine rings is 1. The van der Waals surface area contributed by atoms with Crippen molar-refractivity contribution in [2.24, 2.45) is 21.9 Å². The van der Waals surface area contributed by atoms with Crippen molar-refractivity contribution >= 4 is 41.0 Å². The fourth-order valence-electron chi connectivity index (χ4n) is 8.45. The number of carbonyl (C=O) groups excluding carboxylic acids is 4. The summed E-state index contributed by atoms with van der Waals surface area (Å²) in [6.07, 6.45) is 9.38. The van der Waals surface area contributed by atoms with Gasteiger partial charge in [-0.15, -0.1) is 10.2 Å². The number of carbonyl (C=O) groups is 4. The largest absolute Gasteiger partial charge is 0.371 e. The fourth-order valence-corrected chi connectivity index (χ4v) is 8.45. The molecule has 278 valence electrons. The lowest BCUT2D eigenvalue weighted by Crippen LogP contribution is -2.61. The molecule has 0 aliphatic carbocycles. The molecule has 0 saturated carbocycles. The predicted octanol–water partition coefficient (Wildman–Crippen LogP) is 0.740. The number of amides is 6. The van der Waals surface area contributed by atoms with Crippen LogP contribution in [-0.2, 0) is 9.59 Å². The second kappa shape index (κ2) is 14.3. The van der Waals surface area contributed by atoms with Crippen LogP contribution in [0.1, 0.15) is 32.1 Å². The number of nitrogens with two attached hydrogens (primary N) is 1. The number of nitrogens with one attached hydrogen (secondary N) is 1. The van der Waals surface area contributed by atoms with Gasteiger partial charge in [0.2, 0.25) is 12.2 Å². The first kappa shape index (κ1) is 34.3. The SMILES string of the molecule is CN1CCN(C2CCCN(C3N=NC(C(N)=O)=CN3N3CCN(CC4CCN(c5ccn6c(N7CCC(=O)NC7=O)cnc6c5)CC4)CC3)C2)C1=O. The molecule has 0 bridgehead atoms. The number of anilines is 2. The van der Waals surface area contributed by atoms with E-state index in [4.69, 9.17) is 5.73 Å². The Morgan fingerprint density at radius 1 is 0.981 bits per heavy atom. The minimum absolute atomic E-state index is 0.0863. The molecular formula is C34H48N14O4. The Labute approximate surface area is 302 Å². The van der Waals surface area contributed by atoms with Crippen LogP contribution in [0.25, 0.3) is 5.65 Å². The zero-order chi connectivity index (χ0) is 35.9. The van der Waals surface area contributed by atoms with E-state index >= 15 is 0 Å². The van der Waals surface area contributed by atoms with Gasteiger partial charge in [0.1, 0.15) is 11.5 Å². The average molecular weight is 717 g/mol. The molecule has 6 aliphatic heterocycles. The highest BCUT2D eigenvalue weighted by Crippen LogP contribution is 2.30. The van der Waals surface area contributed by atoms with Gasteiger partial charge >= 0.3 is 12.1 Å². The van der Waals surface area contributed by atoms with Crippen molar-refractivity contribution in [1.29, 1.82) is 0 Å². The second-order valence-corrected chi connectivity index (χ2v) is 14.7. The molecule has 8 heterocycles. The van der Waals surface area contributed by atoms with E-state index < -0.39 is 11.9 Å². The second-order valence-electron chi connectivity index (χ2n) is 14.7. The van der Waals surface area contributed by atoms with Gasteiger partial charge in [-0.2, -0.15) is 0 Å². The molecule has 18 nitrogen and oxygen atoms in total. The number of likely N-dealkylation sites (tertiary alicyclic amines) is 1. The van der Waals surface area contributed by atoms with Crippen molar-refractivity contribution in [3.63, 3.8) is 0 Å². The molecule has 0 radical (unpaired) electrons. The quantitative estimate of drug-likeness (QED) is 0.397. The third-order valence-electron chi connectivity index (χ3n) is 11.4. The van der Waals surface area contributed by atoms with Crippen LogP contribution in [0.5, 0.6) is 0 Å². The van der Waals surface area contributed by atoms with Crippen LogP contribution in [-0.4, -0.2) is 161 Å². The molecule has 0 spiro atoms. The number of primary amides is 1. The Morgan fingerprint density at radius 3 is 2.52 bits per heavy atom. The fraction of sp³-hybridized carbons (Fsp3) is 0.618. The van der Waals surface area contributed by atoms with Gasteiger partial charge in [-0.05, 0) is 37.7 Å². The Bertz CT molecular complexity index is 1760. The number of imide groups is 1. The monoisotopic (exact) mass is 716 g/mol. The molecular weight excluding hydrogens is 668 g/mol. The van der Waals surface area contributed by atoms with E-state index in [1.54, 1.807) is 22.2 Å². The minimum Gasteiger partial charge on any atom is -0.371 e. The number of fused-ring (bicyclic) bond motifs is 1. The van der Waals surface area contributed by atoms with Crippen LogP contribution in [0.15, 0.2) is 46.7 Å². The number of nitrogens with zero attached hydrogens (tertiary/aromatic N) is 12. The van der Waals surface area contributed by atoms with Crippen LogP contribution >= 0.6 is 0 Å². The van der Waals surface area contributed by atoms with E-state index in [1.807, 2.05) is 27.6 Å². The van der Waals surface area contributed by atoms with Gasteiger partial charge in [-0.25, -0.2) is 19.6 Å². The van der Waals surface area contributed by atoms with Gasteiger partial charge in [0.15, 0.2) is 5.70 Å². The number of likely N-dealkylation sites (N-methyl/N-ethyl adjacent to an activating group) is 1. The summed E-state index contributed by atoms with van der Waals surface area (Å²) in [7, 11) is 1.85. The van der Waals surface area contributed by atoms with E-state index in [0.717, 1.165) is 102 Å². The maximum absolute atomic E-state index is 12.8. The van der Waals surface area contributed by atoms with Gasteiger partial charge in [0.25, 0.3) is 5.91 Å². The summed E-state index contributed by atoms with van der Waals surface area (Å²) >= 11 is 0. The van der Waals surface area contributed by atoms with Crippen molar-refractivity contribution in [2.75, 3.05) is 95.4 Å². The molecule has 2 atom stereocenters. The molecule has 8 rings (SSSR count). The molecule has 2 aromatic heterocycles. The molecule has 5 fully saturated rings. The maximum atomic E-state index is 12.8. The zero-order valence-electron chi connectivity index (χ0n) is 29.7. The van der Waals surface area contributed by atoms with E-state index in [9.17, 15) is 19.2 Å². The lowest BCUT2D eigenvalue weighted by Gasteiger charge is -2.48. The first-order valence-corrected chi connectivity index (χ1v) is 18.5. The number of azo groups is 1. The number of urea groups is 2. The normalized spacial score (nSPS) is 26.1. The van der Waals surface area contributed by atoms with Crippen molar-refractivity contribution in [1.82, 2.24) is 44.3 Å². The van der Waals surface area contributed by atoms with Gasteiger partial charge in [-0.3, -0.25) is 34.1 Å². The third-order valence-corrected chi connectivity index (χ3v) is 11.4. The molecule has 6 amide bonds. The van der Waals surface area contributed by atoms with E-state index in [1.165, 1.54) is 0 Å². The highest BCUT2D eigenvalue weighted by atomic mass is 16.2. The first-order chi connectivity index (χ1) is 25.2. The Balaban J connectivity index is 0.846. The molecule has 52 heavy (non-hydrogen) atoms. The summed E-state index contributed by atoms with van der Waals surface area (Å²) in [5.74, 6) is 0.395. The van der Waals surface area contributed by atoms with E-state index in [2.05, 4.69) is 52.4 Å². The van der Waals surface area contributed by atoms with Gasteiger partial charge in [-0.1, -0.05) is 0 Å². The van der Waals surface area contributed by atoms with Crippen LogP contribution in [0.2, 0.25) is 0 Å². The molecule has 6 aliphatic rings. The summed E-state index contributed by atoms with van der Waals surface area (Å²) in [5, 5.41) is 15.5. The minimum atomic E-state index is -0.598. The number of rotatable bonds is 8. The first-order valence-electron chi connectivity index (χ1n) is 18.5. The van der Waals surface area contributed by atoms with Crippen molar-refractivity contribution in [3.8, 4) is 0 Å². The predicted molar refractivity (Wildman–Crippen MR) is 191 cm³/mol. The topological polar surface area (TPSA) is 174 Å². The Kier molecular flexibility index (Phi) is 9.43. The lowest BCUT2D eigenvalue weighted by atomic mass is 9.95. The molecule has 2 aromatic rings. The number of hydrogen-bond donors (Lipinski definition) is 2. The molecule has 2 unspecified atom stereocenters. The number of hydrazine groups is 1. The van der Waals surface area contributed by atoms with Crippen LogP contribution in [0.4, 0.5) is 21.1 Å². The van der Waals surface area contributed by atoms with Gasteiger partial charge < -0.3 is 25.3 Å². The smallest absolute Gasteiger partial charge is 0.329 e. The van der Waals surface area contributed by atoms with Crippen molar-refractivity contribution < 1.29 is 19.2 Å². The number of hydrogen-bond acceptors (Lipinski definition) is 12. The summed E-state index contributed by atoms with van der Waals surface area (Å²) < 4.78 is 1.89. The Morgan fingerprint density at radius 2 is 1.79 bits per heavy atom. The highest BCUT2D eigenvalue weighted by Gasteiger charge is 2.40. The van der Waals surface area contributed by atoms with Crippen molar-refractivity contribution in [2.45, 2.75) is 44.4 Å². The molecule has 18 heteroatoms. The van der Waals surface area contributed by atoms with Crippen LogP contribution in [0.3, 0.4) is 0 Å². The van der Waals surface area contributed by atoms with Crippen molar-refractivity contribution in [3.05, 3.63) is 36.4 Å². The number of aromatic nitrogens is 2. The van der Waals surface area contributed by atoms with Gasteiger partial charge in [0.05, 0.1) is 12.4 Å². The summed E-state index contributed by atoms with van der Waals surface area (Å²) in [6.45, 7) is 9.72. The summed E-state index contributed by atoms with van der Waals surface area (Å²) in [6, 6.07) is 3.93. The van der Waals surface area contributed by atoms with Crippen LogP contribution in [0, 0.1) is 5.92 Å². The third kappa shape index (κ3) is 6.77. The number of piperidine rings is 2. The van der Waals surface area contributed by atoms with E-state index in [0.29, 0.717) is 24.8 Å². The number of imidazole rings is 1. The van der Waals surface area contributed by atoms with Crippen LogP contribution < -0.4 is 20.9 Å². The summed E-state index contributed by atoms with van der Waals surface area (Å²) in [4.78, 5) is 66.0. The maximum Gasteiger partial charge on any atom is 0.329 e. The standard InChI is InChI=1S/C34H48N14O4/c1-40-13-18-45(34(40)52)26-3-2-8-43(22-26)32-39-38-27(31(35)50)23-48(32)44-16-14-41(15-17-44)21-24-4-9-42(10-5-24)25-6-11-46-28(19-25)36-20-30(46)47-12-7-29(49)37-33(47)51/h6,11,19-20,23-24,26,32H,2-5,7-10,12-18,21-22H2,1H3,(H2,35,50)(H,37,49,51).